The average Bonchev–Trinajstić information content (AvgIpc) is 2.48. The maximum atomic E-state index is 10.8. The molecule has 1 rings (SSSR count). The van der Waals surface area contributed by atoms with E-state index in [2.05, 4.69) is 5.10 Å². The van der Waals surface area contributed by atoms with Crippen LogP contribution in [0.1, 0.15) is 10.5 Å². The van der Waals surface area contributed by atoms with Gasteiger partial charge in [0.15, 0.2) is 0 Å². The van der Waals surface area contributed by atoms with Crippen molar-refractivity contribution in [3.05, 3.63) is 18.0 Å². The van der Waals surface area contributed by atoms with E-state index >= 15 is 0 Å². The minimum atomic E-state index is -0.423. The minimum absolute atomic E-state index is 0.423. The molecule has 0 aliphatic heterocycles. The number of rotatable bonds is 4. The quantitative estimate of drug-likeness (QED) is 0.736. The molecule has 1 amide bonds. The summed E-state index contributed by atoms with van der Waals surface area (Å²) in [5.41, 5.74) is 5.60. The smallest absolute Gasteiger partial charge is 0.266 e. The largest absolute Gasteiger partial charge is 0.364 e. The van der Waals surface area contributed by atoms with Crippen LogP contribution in [0.4, 0.5) is 0 Å². The van der Waals surface area contributed by atoms with Crippen molar-refractivity contribution in [2.24, 2.45) is 5.73 Å². The van der Waals surface area contributed by atoms with Crippen molar-refractivity contribution >= 4 is 17.7 Å². The second-order valence-corrected chi connectivity index (χ2v) is 3.28. The van der Waals surface area contributed by atoms with Gasteiger partial charge in [0.1, 0.15) is 5.69 Å². The average molecular weight is 185 g/mol. The van der Waals surface area contributed by atoms with Crippen LogP contribution >= 0.6 is 11.8 Å². The number of primary amides is 1. The molecule has 1 aromatic rings. The Morgan fingerprint density at radius 3 is 3.17 bits per heavy atom. The van der Waals surface area contributed by atoms with Gasteiger partial charge >= 0.3 is 0 Å². The second kappa shape index (κ2) is 4.15. The summed E-state index contributed by atoms with van der Waals surface area (Å²) in [5, 5.41) is 3.98. The highest BCUT2D eigenvalue weighted by atomic mass is 32.2. The molecule has 0 saturated carbocycles. The fourth-order valence-corrected chi connectivity index (χ4v) is 1.25. The zero-order chi connectivity index (χ0) is 8.97. The predicted octanol–water partition coefficient (Wildman–Crippen LogP) is 0.345. The summed E-state index contributed by atoms with van der Waals surface area (Å²) < 4.78 is 1.62. The van der Waals surface area contributed by atoms with E-state index in [4.69, 9.17) is 5.73 Å². The van der Waals surface area contributed by atoms with Gasteiger partial charge in [0.25, 0.3) is 5.91 Å². The molecule has 0 unspecified atom stereocenters. The Morgan fingerprint density at radius 2 is 2.58 bits per heavy atom. The summed E-state index contributed by atoms with van der Waals surface area (Å²) >= 11 is 1.71. The molecular formula is C7H11N3OS. The molecule has 0 spiro atoms. The van der Waals surface area contributed by atoms with Gasteiger partial charge in [-0.15, -0.1) is 0 Å². The molecule has 0 aliphatic rings. The molecule has 0 saturated heterocycles. The van der Waals surface area contributed by atoms with E-state index in [1.54, 1.807) is 28.7 Å². The molecule has 1 aromatic heterocycles. The van der Waals surface area contributed by atoms with Crippen LogP contribution < -0.4 is 5.73 Å². The van der Waals surface area contributed by atoms with E-state index in [0.29, 0.717) is 5.69 Å². The third-order valence-electron chi connectivity index (χ3n) is 1.48. The van der Waals surface area contributed by atoms with Gasteiger partial charge in [-0.1, -0.05) is 0 Å². The Bertz CT molecular complexity index is 271. The zero-order valence-electron chi connectivity index (χ0n) is 6.86. The lowest BCUT2D eigenvalue weighted by Crippen LogP contribution is -2.18. The lowest BCUT2D eigenvalue weighted by molar-refractivity contribution is 0.0990. The number of hydrogen-bond donors (Lipinski definition) is 1. The summed E-state index contributed by atoms with van der Waals surface area (Å²) in [4.78, 5) is 10.8. The van der Waals surface area contributed by atoms with Crippen molar-refractivity contribution in [2.75, 3.05) is 12.0 Å². The van der Waals surface area contributed by atoms with Crippen LogP contribution in [-0.4, -0.2) is 27.7 Å². The van der Waals surface area contributed by atoms with Crippen molar-refractivity contribution in [1.82, 2.24) is 9.78 Å². The van der Waals surface area contributed by atoms with E-state index in [9.17, 15) is 4.79 Å². The van der Waals surface area contributed by atoms with Crippen LogP contribution in [0, 0.1) is 0 Å². The number of nitrogens with zero attached hydrogens (tertiary/aromatic N) is 2. The molecule has 0 fully saturated rings. The number of nitrogens with two attached hydrogens (primary N) is 1. The Labute approximate surface area is 75.1 Å². The number of aryl methyl sites for hydroxylation is 1. The van der Waals surface area contributed by atoms with Crippen LogP contribution in [0.25, 0.3) is 0 Å². The third kappa shape index (κ3) is 2.01. The number of carbonyl (C=O) groups excluding carboxylic acids is 1. The highest BCUT2D eigenvalue weighted by molar-refractivity contribution is 7.98. The predicted molar refractivity (Wildman–Crippen MR) is 49.1 cm³/mol. The Morgan fingerprint density at radius 1 is 1.83 bits per heavy atom. The van der Waals surface area contributed by atoms with Gasteiger partial charge in [-0.05, 0) is 12.3 Å². The van der Waals surface area contributed by atoms with Crippen molar-refractivity contribution in [2.45, 2.75) is 6.54 Å². The van der Waals surface area contributed by atoms with Gasteiger partial charge in [0, 0.05) is 11.9 Å². The lowest BCUT2D eigenvalue weighted by Gasteiger charge is -2.02. The first-order chi connectivity index (χ1) is 5.75. The van der Waals surface area contributed by atoms with E-state index in [0.717, 1.165) is 12.3 Å². The molecule has 0 bridgehead atoms. The van der Waals surface area contributed by atoms with Crippen LogP contribution in [0.2, 0.25) is 0 Å². The Hall–Kier alpha value is -0.970. The van der Waals surface area contributed by atoms with Crippen LogP contribution in [0.5, 0.6) is 0 Å². The van der Waals surface area contributed by atoms with Crippen molar-refractivity contribution < 1.29 is 4.79 Å². The molecule has 5 heteroatoms. The van der Waals surface area contributed by atoms with E-state index in [1.165, 1.54) is 0 Å². The number of thioether (sulfide) groups is 1. The number of hydrogen-bond acceptors (Lipinski definition) is 3. The maximum absolute atomic E-state index is 10.8. The standard InChI is InChI=1S/C7H11N3OS/c1-12-5-4-10-6(7(8)11)2-3-9-10/h2-3H,4-5H2,1H3,(H2,8,11). The highest BCUT2D eigenvalue weighted by Crippen LogP contribution is 2.00. The fourth-order valence-electron chi connectivity index (χ4n) is 0.898. The van der Waals surface area contributed by atoms with Crippen molar-refractivity contribution in [3.8, 4) is 0 Å². The monoisotopic (exact) mass is 185 g/mol. The van der Waals surface area contributed by atoms with Crippen LogP contribution in [-0.2, 0) is 6.54 Å². The minimum Gasteiger partial charge on any atom is -0.364 e. The van der Waals surface area contributed by atoms with Crippen molar-refractivity contribution in [3.63, 3.8) is 0 Å². The normalized spacial score (nSPS) is 10.1. The summed E-state index contributed by atoms with van der Waals surface area (Å²) in [6.45, 7) is 0.729. The first-order valence-electron chi connectivity index (χ1n) is 3.56. The molecule has 1 heterocycles. The van der Waals surface area contributed by atoms with Gasteiger partial charge in [-0.25, -0.2) is 0 Å². The third-order valence-corrected chi connectivity index (χ3v) is 2.07. The number of carbonyl (C=O) groups is 1. The first kappa shape index (κ1) is 9.12. The van der Waals surface area contributed by atoms with E-state index in [-0.39, 0.29) is 0 Å². The molecule has 2 N–H and O–H groups in total. The first-order valence-corrected chi connectivity index (χ1v) is 4.95. The van der Waals surface area contributed by atoms with E-state index < -0.39 is 5.91 Å². The van der Waals surface area contributed by atoms with Gasteiger partial charge in [0.2, 0.25) is 0 Å². The van der Waals surface area contributed by atoms with Gasteiger partial charge in [-0.3, -0.25) is 9.48 Å². The summed E-state index contributed by atoms with van der Waals surface area (Å²) in [5.74, 6) is 0.510. The topological polar surface area (TPSA) is 60.9 Å². The molecule has 4 nitrogen and oxygen atoms in total. The number of amides is 1. The molecule has 0 atom stereocenters. The molecular weight excluding hydrogens is 174 g/mol. The summed E-state index contributed by atoms with van der Waals surface area (Å²) in [6, 6.07) is 1.63. The van der Waals surface area contributed by atoms with Crippen LogP contribution in [0.3, 0.4) is 0 Å². The van der Waals surface area contributed by atoms with E-state index in [1.807, 2.05) is 6.26 Å². The molecule has 0 aromatic carbocycles. The van der Waals surface area contributed by atoms with Gasteiger partial charge in [0.05, 0.1) is 6.54 Å². The second-order valence-electron chi connectivity index (χ2n) is 2.30. The molecule has 0 radical (unpaired) electrons. The van der Waals surface area contributed by atoms with Gasteiger partial charge < -0.3 is 5.73 Å². The van der Waals surface area contributed by atoms with Gasteiger partial charge in [-0.2, -0.15) is 16.9 Å². The SMILES string of the molecule is CSCCn1nccc1C(N)=O. The molecule has 0 aliphatic carbocycles. The summed E-state index contributed by atoms with van der Waals surface area (Å²) in [7, 11) is 0. The summed E-state index contributed by atoms with van der Waals surface area (Å²) in [6.07, 6.45) is 3.59. The number of aromatic nitrogens is 2. The molecule has 66 valence electrons. The highest BCUT2D eigenvalue weighted by Gasteiger charge is 2.06. The Balaban J connectivity index is 2.70. The lowest BCUT2D eigenvalue weighted by atomic mass is 10.4. The Kier molecular flexibility index (Phi) is 3.16. The zero-order valence-corrected chi connectivity index (χ0v) is 7.67. The van der Waals surface area contributed by atoms with Crippen LogP contribution in [0.15, 0.2) is 12.3 Å². The molecule has 12 heavy (non-hydrogen) atoms. The fraction of sp³-hybridized carbons (Fsp3) is 0.429. The maximum Gasteiger partial charge on any atom is 0.266 e. The van der Waals surface area contributed by atoms with Crippen molar-refractivity contribution in [1.29, 1.82) is 0 Å².